The van der Waals surface area contributed by atoms with Crippen LogP contribution in [-0.2, 0) is 6.42 Å². The van der Waals surface area contributed by atoms with Gasteiger partial charge >= 0.3 is 0 Å². The number of aliphatic hydroxyl groups excluding tert-OH is 1. The quantitative estimate of drug-likeness (QED) is 0.767. The Labute approximate surface area is 76.0 Å². The molecule has 0 aliphatic heterocycles. The zero-order valence-corrected chi connectivity index (χ0v) is 7.43. The molecule has 0 radical (unpaired) electrons. The zero-order chi connectivity index (χ0) is 9.84. The van der Waals surface area contributed by atoms with E-state index in [0.717, 1.165) is 18.2 Å². The molecule has 0 spiro atoms. The molecule has 72 valence electrons. The Hall–Kier alpha value is -0.960. The van der Waals surface area contributed by atoms with Crippen molar-refractivity contribution in [1.29, 1.82) is 0 Å². The fourth-order valence-corrected chi connectivity index (χ4v) is 1.10. The first-order chi connectivity index (χ1) is 6.13. The molecule has 0 bridgehead atoms. The zero-order valence-electron chi connectivity index (χ0n) is 7.43. The van der Waals surface area contributed by atoms with Crippen molar-refractivity contribution in [3.63, 3.8) is 0 Å². The van der Waals surface area contributed by atoms with Gasteiger partial charge in [0.05, 0.1) is 6.10 Å². The van der Waals surface area contributed by atoms with E-state index in [1.807, 2.05) is 0 Å². The third-order valence-electron chi connectivity index (χ3n) is 1.93. The van der Waals surface area contributed by atoms with Crippen LogP contribution in [0.2, 0.25) is 0 Å². The predicted octanol–water partition coefficient (Wildman–Crippen LogP) is 2.28. The first-order valence-electron chi connectivity index (χ1n) is 4.25. The lowest BCUT2D eigenvalue weighted by atomic mass is 10.1. The maximum absolute atomic E-state index is 13.0. The third kappa shape index (κ3) is 2.77. The number of rotatable bonds is 3. The van der Waals surface area contributed by atoms with Crippen LogP contribution in [0.1, 0.15) is 18.9 Å². The topological polar surface area (TPSA) is 20.2 Å². The fraction of sp³-hybridized carbons (Fsp3) is 0.400. The molecule has 0 aromatic heterocycles. The maximum atomic E-state index is 13.0. The summed E-state index contributed by atoms with van der Waals surface area (Å²) in [4.78, 5) is 0. The van der Waals surface area contributed by atoms with E-state index < -0.39 is 17.7 Å². The van der Waals surface area contributed by atoms with Gasteiger partial charge in [-0.15, -0.1) is 0 Å². The Morgan fingerprint density at radius 3 is 2.69 bits per heavy atom. The molecule has 1 nitrogen and oxygen atoms in total. The van der Waals surface area contributed by atoms with Gasteiger partial charge in [-0.2, -0.15) is 0 Å². The number of hydrogen-bond donors (Lipinski definition) is 1. The summed E-state index contributed by atoms with van der Waals surface area (Å²) in [5.74, 6) is -0.936. The third-order valence-corrected chi connectivity index (χ3v) is 1.93. The summed E-state index contributed by atoms with van der Waals surface area (Å²) in [7, 11) is 0. The Balaban J connectivity index is 2.81. The maximum Gasteiger partial charge on any atom is 0.126 e. The summed E-state index contributed by atoms with van der Waals surface area (Å²) in [6.45, 7) is 1.79. The number of aliphatic hydroxyl groups is 1. The van der Waals surface area contributed by atoms with Gasteiger partial charge in [-0.25, -0.2) is 8.78 Å². The van der Waals surface area contributed by atoms with E-state index in [9.17, 15) is 13.9 Å². The van der Waals surface area contributed by atoms with Crippen molar-refractivity contribution in [3.8, 4) is 0 Å². The Kier molecular flexibility index (Phi) is 3.37. The molecule has 1 rings (SSSR count). The van der Waals surface area contributed by atoms with Crippen molar-refractivity contribution in [1.82, 2.24) is 0 Å². The molecule has 0 saturated heterocycles. The lowest BCUT2D eigenvalue weighted by molar-refractivity contribution is 0.169. The van der Waals surface area contributed by atoms with E-state index in [2.05, 4.69) is 0 Å². The van der Waals surface area contributed by atoms with Crippen molar-refractivity contribution in [2.45, 2.75) is 25.9 Å². The summed E-state index contributed by atoms with van der Waals surface area (Å²) in [6.07, 6.45) is 0.104. The summed E-state index contributed by atoms with van der Waals surface area (Å²) in [5.41, 5.74) is 0.231. The average Bonchev–Trinajstić information content (AvgIpc) is 2.11. The van der Waals surface area contributed by atoms with Gasteiger partial charge in [0, 0.05) is 6.42 Å². The molecule has 1 aromatic rings. The van der Waals surface area contributed by atoms with Crippen LogP contribution in [0.5, 0.6) is 0 Å². The van der Waals surface area contributed by atoms with Gasteiger partial charge in [0.15, 0.2) is 0 Å². The van der Waals surface area contributed by atoms with Crippen LogP contribution in [0.4, 0.5) is 8.78 Å². The van der Waals surface area contributed by atoms with Gasteiger partial charge in [-0.3, -0.25) is 0 Å². The molecule has 1 N–H and O–H groups in total. The summed E-state index contributed by atoms with van der Waals surface area (Å²) in [5, 5.41) is 9.24. The molecule has 13 heavy (non-hydrogen) atoms. The number of benzene rings is 1. The summed E-state index contributed by atoms with van der Waals surface area (Å²) >= 11 is 0. The van der Waals surface area contributed by atoms with Crippen molar-refractivity contribution in [2.24, 2.45) is 0 Å². The minimum atomic E-state index is -0.601. The monoisotopic (exact) mass is 186 g/mol. The molecule has 3 heteroatoms. The Bertz CT molecular complexity index is 286. The molecule has 0 aliphatic carbocycles. The van der Waals surface area contributed by atoms with Crippen LogP contribution < -0.4 is 0 Å². The lowest BCUT2D eigenvalue weighted by Gasteiger charge is -2.08. The first kappa shape index (κ1) is 10.1. The van der Waals surface area contributed by atoms with E-state index in [-0.39, 0.29) is 12.0 Å². The SMILES string of the molecule is CCC(O)Cc1cc(F)ccc1F. The second-order valence-corrected chi connectivity index (χ2v) is 3.00. The smallest absolute Gasteiger partial charge is 0.126 e. The van der Waals surface area contributed by atoms with Crippen molar-refractivity contribution >= 4 is 0 Å². The number of halogens is 2. The van der Waals surface area contributed by atoms with Gasteiger partial charge in [0.1, 0.15) is 11.6 Å². The normalized spacial score (nSPS) is 12.9. The molecule has 0 fully saturated rings. The minimum absolute atomic E-state index is 0.167. The molecule has 1 aromatic carbocycles. The summed E-state index contributed by atoms with van der Waals surface area (Å²) in [6, 6.07) is 3.26. The van der Waals surface area contributed by atoms with E-state index >= 15 is 0 Å². The van der Waals surface area contributed by atoms with E-state index in [1.165, 1.54) is 0 Å². The van der Waals surface area contributed by atoms with Crippen LogP contribution in [0.25, 0.3) is 0 Å². The lowest BCUT2D eigenvalue weighted by Crippen LogP contribution is -2.09. The Morgan fingerprint density at radius 1 is 1.38 bits per heavy atom. The van der Waals surface area contributed by atoms with Gasteiger partial charge in [-0.05, 0) is 30.2 Å². The molecule has 1 unspecified atom stereocenters. The summed E-state index contributed by atoms with van der Waals surface area (Å²) < 4.78 is 25.6. The van der Waals surface area contributed by atoms with Gasteiger partial charge in [0.25, 0.3) is 0 Å². The second-order valence-electron chi connectivity index (χ2n) is 3.00. The van der Waals surface area contributed by atoms with Crippen molar-refractivity contribution in [2.75, 3.05) is 0 Å². The highest BCUT2D eigenvalue weighted by Crippen LogP contribution is 2.12. The molecule has 0 heterocycles. The molecule has 0 aliphatic rings. The van der Waals surface area contributed by atoms with Crippen molar-refractivity contribution in [3.05, 3.63) is 35.4 Å². The second kappa shape index (κ2) is 4.33. The molecular weight excluding hydrogens is 174 g/mol. The van der Waals surface area contributed by atoms with Crippen LogP contribution >= 0.6 is 0 Å². The van der Waals surface area contributed by atoms with Crippen LogP contribution in [0, 0.1) is 11.6 Å². The van der Waals surface area contributed by atoms with Gasteiger partial charge < -0.3 is 5.11 Å². The van der Waals surface area contributed by atoms with Gasteiger partial charge in [-0.1, -0.05) is 6.92 Å². The highest BCUT2D eigenvalue weighted by Gasteiger charge is 2.08. The van der Waals surface area contributed by atoms with Crippen LogP contribution in [-0.4, -0.2) is 11.2 Å². The molecular formula is C10H12F2O. The highest BCUT2D eigenvalue weighted by atomic mass is 19.1. The number of hydrogen-bond acceptors (Lipinski definition) is 1. The molecule has 0 amide bonds. The molecule has 1 atom stereocenters. The van der Waals surface area contributed by atoms with E-state index in [4.69, 9.17) is 0 Å². The molecule has 0 saturated carbocycles. The van der Waals surface area contributed by atoms with E-state index in [1.54, 1.807) is 6.92 Å². The highest BCUT2D eigenvalue weighted by molar-refractivity contribution is 5.19. The predicted molar refractivity (Wildman–Crippen MR) is 46.4 cm³/mol. The van der Waals surface area contributed by atoms with Crippen molar-refractivity contribution < 1.29 is 13.9 Å². The minimum Gasteiger partial charge on any atom is -0.393 e. The van der Waals surface area contributed by atoms with Crippen LogP contribution in [0.15, 0.2) is 18.2 Å². The average molecular weight is 186 g/mol. The first-order valence-corrected chi connectivity index (χ1v) is 4.25. The standard InChI is InChI=1S/C10H12F2O/c1-2-9(13)6-7-5-8(11)3-4-10(7)12/h3-5,9,13H,2,6H2,1H3. The van der Waals surface area contributed by atoms with E-state index in [0.29, 0.717) is 6.42 Å². The largest absolute Gasteiger partial charge is 0.393 e. The van der Waals surface area contributed by atoms with Crippen LogP contribution in [0.3, 0.4) is 0 Å². The Morgan fingerprint density at radius 2 is 2.08 bits per heavy atom. The fourth-order valence-electron chi connectivity index (χ4n) is 1.10. The van der Waals surface area contributed by atoms with Gasteiger partial charge in [0.2, 0.25) is 0 Å².